The van der Waals surface area contributed by atoms with Gasteiger partial charge in [-0.3, -0.25) is 4.79 Å². The highest BCUT2D eigenvalue weighted by Gasteiger charge is 2.16. The lowest BCUT2D eigenvalue weighted by atomic mass is 10.1. The average molecular weight is 462 g/mol. The molecule has 0 bridgehead atoms. The second-order valence-electron chi connectivity index (χ2n) is 5.71. The summed E-state index contributed by atoms with van der Waals surface area (Å²) in [6.45, 7) is 6.49. The van der Waals surface area contributed by atoms with E-state index >= 15 is 0 Å². The average Bonchev–Trinajstić information content (AvgIpc) is 2.51. The van der Waals surface area contributed by atoms with Crippen LogP contribution in [0, 0.1) is 17.4 Å². The van der Waals surface area contributed by atoms with Crippen molar-refractivity contribution < 1.29 is 4.74 Å². The maximum atomic E-state index is 12.8. The van der Waals surface area contributed by atoms with E-state index in [4.69, 9.17) is 16.3 Å². The zero-order valence-corrected chi connectivity index (χ0v) is 17.1. The summed E-state index contributed by atoms with van der Waals surface area (Å²) in [5, 5.41) is 3.43. The van der Waals surface area contributed by atoms with Crippen LogP contribution >= 0.6 is 34.2 Å². The first-order valence-corrected chi connectivity index (χ1v) is 9.14. The molecule has 0 fully saturated rings. The van der Waals surface area contributed by atoms with Gasteiger partial charge in [-0.05, 0) is 60.1 Å². The van der Waals surface area contributed by atoms with E-state index in [2.05, 4.69) is 45.0 Å². The SMILES string of the molecule is CCC(COC)n1cc(Cl)nc(Nc2c(C)cc(C)cc2I)c1=O. The van der Waals surface area contributed by atoms with Gasteiger partial charge in [0, 0.05) is 16.9 Å². The third-order valence-electron chi connectivity index (χ3n) is 3.80. The zero-order valence-electron chi connectivity index (χ0n) is 14.2. The van der Waals surface area contributed by atoms with Crippen LogP contribution in [0.25, 0.3) is 0 Å². The molecule has 0 saturated carbocycles. The standard InChI is InChI=1S/C17H21ClIN3O2/c1-5-12(9-24-4)22-8-14(18)20-16(17(22)23)21-15-11(3)6-10(2)7-13(15)19/h6-8,12H,5,9H2,1-4H3,(H,20,21). The van der Waals surface area contributed by atoms with Crippen molar-refractivity contribution in [2.24, 2.45) is 0 Å². The van der Waals surface area contributed by atoms with Gasteiger partial charge >= 0.3 is 0 Å². The maximum absolute atomic E-state index is 12.8. The van der Waals surface area contributed by atoms with Crippen molar-refractivity contribution >= 4 is 45.7 Å². The van der Waals surface area contributed by atoms with Gasteiger partial charge in [0.25, 0.3) is 5.56 Å². The van der Waals surface area contributed by atoms with Crippen LogP contribution < -0.4 is 10.9 Å². The fourth-order valence-electron chi connectivity index (χ4n) is 2.61. The molecule has 7 heteroatoms. The monoisotopic (exact) mass is 461 g/mol. The highest BCUT2D eigenvalue weighted by molar-refractivity contribution is 14.1. The molecule has 0 amide bonds. The van der Waals surface area contributed by atoms with Crippen LogP contribution in [0.5, 0.6) is 0 Å². The predicted molar refractivity (Wildman–Crippen MR) is 107 cm³/mol. The number of ether oxygens (including phenoxy) is 1. The molecular weight excluding hydrogens is 441 g/mol. The van der Waals surface area contributed by atoms with Gasteiger partial charge in [-0.2, -0.15) is 0 Å². The summed E-state index contributed by atoms with van der Waals surface area (Å²) in [4.78, 5) is 17.0. The first-order chi connectivity index (χ1) is 11.4. The highest BCUT2D eigenvalue weighted by Crippen LogP contribution is 2.26. The third kappa shape index (κ3) is 4.29. The molecule has 0 spiro atoms. The summed E-state index contributed by atoms with van der Waals surface area (Å²) < 4.78 is 7.83. The fourth-order valence-corrected chi connectivity index (χ4v) is 3.85. The summed E-state index contributed by atoms with van der Waals surface area (Å²) in [6.07, 6.45) is 2.32. The van der Waals surface area contributed by atoms with E-state index in [-0.39, 0.29) is 22.6 Å². The minimum absolute atomic E-state index is 0.0817. The number of nitrogens with zero attached hydrogens (tertiary/aromatic N) is 2. The summed E-state index contributed by atoms with van der Waals surface area (Å²) in [5.41, 5.74) is 2.89. The molecule has 24 heavy (non-hydrogen) atoms. The highest BCUT2D eigenvalue weighted by atomic mass is 127. The molecule has 1 aromatic carbocycles. The largest absolute Gasteiger partial charge is 0.383 e. The number of methoxy groups -OCH3 is 1. The Morgan fingerprint density at radius 1 is 1.42 bits per heavy atom. The maximum Gasteiger partial charge on any atom is 0.294 e. The Balaban J connectivity index is 2.49. The van der Waals surface area contributed by atoms with Crippen LogP contribution in [0.4, 0.5) is 11.5 Å². The van der Waals surface area contributed by atoms with Gasteiger partial charge in [-0.15, -0.1) is 0 Å². The molecule has 2 aromatic rings. The van der Waals surface area contributed by atoms with Gasteiger partial charge in [-0.1, -0.05) is 24.6 Å². The second-order valence-corrected chi connectivity index (χ2v) is 7.26. The van der Waals surface area contributed by atoms with Gasteiger partial charge in [0.1, 0.15) is 5.15 Å². The lowest BCUT2D eigenvalue weighted by Crippen LogP contribution is -2.29. The van der Waals surface area contributed by atoms with Gasteiger partial charge in [0.15, 0.2) is 5.82 Å². The van der Waals surface area contributed by atoms with Crippen molar-refractivity contribution in [2.45, 2.75) is 33.2 Å². The molecule has 1 unspecified atom stereocenters. The summed E-state index contributed by atoms with van der Waals surface area (Å²) >= 11 is 8.39. The van der Waals surface area contributed by atoms with Crippen LogP contribution in [0.3, 0.4) is 0 Å². The number of hydrogen-bond acceptors (Lipinski definition) is 4. The number of aryl methyl sites for hydroxylation is 2. The Morgan fingerprint density at radius 2 is 2.12 bits per heavy atom. The minimum atomic E-state index is -0.209. The van der Waals surface area contributed by atoms with E-state index in [9.17, 15) is 4.79 Å². The Labute approximate surface area is 160 Å². The Morgan fingerprint density at radius 3 is 2.71 bits per heavy atom. The zero-order chi connectivity index (χ0) is 17.9. The van der Waals surface area contributed by atoms with Crippen molar-refractivity contribution in [3.8, 4) is 0 Å². The number of benzene rings is 1. The molecule has 0 aliphatic carbocycles. The van der Waals surface area contributed by atoms with Crippen molar-refractivity contribution in [2.75, 3.05) is 19.0 Å². The lowest BCUT2D eigenvalue weighted by Gasteiger charge is -2.19. The Kier molecular flexibility index (Phi) is 6.65. The number of hydrogen-bond donors (Lipinski definition) is 1. The van der Waals surface area contributed by atoms with Crippen LogP contribution in [0.15, 0.2) is 23.1 Å². The van der Waals surface area contributed by atoms with Crippen LogP contribution in [0.1, 0.15) is 30.5 Å². The third-order valence-corrected chi connectivity index (χ3v) is 4.83. The molecule has 1 N–H and O–H groups in total. The van der Waals surface area contributed by atoms with Crippen molar-refractivity contribution in [3.05, 3.63) is 48.5 Å². The van der Waals surface area contributed by atoms with Crippen molar-refractivity contribution in [3.63, 3.8) is 0 Å². The minimum Gasteiger partial charge on any atom is -0.383 e. The molecule has 5 nitrogen and oxygen atoms in total. The second kappa shape index (κ2) is 8.31. The lowest BCUT2D eigenvalue weighted by molar-refractivity contribution is 0.151. The number of aromatic nitrogens is 2. The first kappa shape index (κ1) is 19.2. The van der Waals surface area contributed by atoms with E-state index in [0.29, 0.717) is 6.61 Å². The van der Waals surface area contributed by atoms with E-state index in [1.54, 1.807) is 17.9 Å². The van der Waals surface area contributed by atoms with Crippen molar-refractivity contribution in [1.29, 1.82) is 0 Å². The smallest absolute Gasteiger partial charge is 0.294 e. The normalized spacial score (nSPS) is 12.2. The molecule has 2 rings (SSSR count). The Hall–Kier alpha value is -1.12. The van der Waals surface area contributed by atoms with E-state index < -0.39 is 0 Å². The topological polar surface area (TPSA) is 56.1 Å². The summed E-state index contributed by atoms with van der Waals surface area (Å²) in [7, 11) is 1.62. The van der Waals surface area contributed by atoms with E-state index in [0.717, 1.165) is 21.2 Å². The molecule has 1 aromatic heterocycles. The van der Waals surface area contributed by atoms with E-state index in [1.165, 1.54) is 5.56 Å². The molecule has 0 aliphatic heterocycles. The molecular formula is C17H21ClIN3O2. The molecule has 0 saturated heterocycles. The van der Waals surface area contributed by atoms with Crippen LogP contribution in [-0.4, -0.2) is 23.3 Å². The molecule has 130 valence electrons. The number of anilines is 2. The Bertz CT molecular complexity index is 769. The predicted octanol–water partition coefficient (Wildman–Crippen LogP) is 4.46. The molecule has 0 aliphatic rings. The van der Waals surface area contributed by atoms with E-state index in [1.807, 2.05) is 20.8 Å². The van der Waals surface area contributed by atoms with Crippen molar-refractivity contribution in [1.82, 2.24) is 9.55 Å². The summed E-state index contributed by atoms with van der Waals surface area (Å²) in [6, 6.07) is 4.04. The number of rotatable bonds is 6. The quantitative estimate of drug-likeness (QED) is 0.646. The van der Waals surface area contributed by atoms with Gasteiger partial charge in [-0.25, -0.2) is 4.98 Å². The summed E-state index contributed by atoms with van der Waals surface area (Å²) in [5.74, 6) is 0.224. The van der Waals surface area contributed by atoms with Gasteiger partial charge in [0.05, 0.1) is 18.3 Å². The number of nitrogens with one attached hydrogen (secondary N) is 1. The molecule has 1 heterocycles. The van der Waals surface area contributed by atoms with Crippen LogP contribution in [0.2, 0.25) is 5.15 Å². The first-order valence-electron chi connectivity index (χ1n) is 7.68. The number of halogens is 2. The van der Waals surface area contributed by atoms with Gasteiger partial charge < -0.3 is 14.6 Å². The molecule has 0 radical (unpaired) electrons. The fraction of sp³-hybridized carbons (Fsp3) is 0.412. The van der Waals surface area contributed by atoms with Crippen LogP contribution in [-0.2, 0) is 4.74 Å². The molecule has 1 atom stereocenters. The van der Waals surface area contributed by atoms with Gasteiger partial charge in [0.2, 0.25) is 0 Å².